The van der Waals surface area contributed by atoms with Crippen molar-refractivity contribution < 1.29 is 9.59 Å². The van der Waals surface area contributed by atoms with E-state index in [1.165, 1.54) is 11.3 Å². The van der Waals surface area contributed by atoms with E-state index in [1.807, 2.05) is 32.1 Å². The Morgan fingerprint density at radius 2 is 2.08 bits per heavy atom. The van der Waals surface area contributed by atoms with E-state index in [-0.39, 0.29) is 17.9 Å². The van der Waals surface area contributed by atoms with Crippen LogP contribution in [-0.2, 0) is 4.79 Å². The first kappa shape index (κ1) is 16.7. The molecule has 1 aliphatic heterocycles. The monoisotopic (exact) mass is 369 g/mol. The molecular formula is C18H19N5O2S. The Morgan fingerprint density at radius 3 is 2.77 bits per heavy atom. The van der Waals surface area contributed by atoms with Gasteiger partial charge in [-0.15, -0.1) is 16.4 Å². The maximum Gasteiger partial charge on any atom is 0.263 e. The number of fused-ring (bicyclic) bond motifs is 1. The van der Waals surface area contributed by atoms with Crippen LogP contribution in [0.5, 0.6) is 0 Å². The fraction of sp³-hybridized carbons (Fsp3) is 0.333. The van der Waals surface area contributed by atoms with Gasteiger partial charge in [0.25, 0.3) is 5.91 Å². The summed E-state index contributed by atoms with van der Waals surface area (Å²) in [6.07, 6.45) is 6.38. The lowest BCUT2D eigenvalue weighted by molar-refractivity contribution is -0.131. The number of likely N-dealkylation sites (tertiary alicyclic amines) is 1. The molecule has 2 aromatic heterocycles. The highest BCUT2D eigenvalue weighted by molar-refractivity contribution is 7.21. The van der Waals surface area contributed by atoms with Gasteiger partial charge in [-0.3, -0.25) is 9.59 Å². The van der Waals surface area contributed by atoms with Crippen molar-refractivity contribution in [1.29, 1.82) is 0 Å². The third-order valence-corrected chi connectivity index (χ3v) is 5.98. The number of nitrogen functional groups attached to an aromatic ring is 1. The van der Waals surface area contributed by atoms with E-state index in [9.17, 15) is 9.59 Å². The molecule has 0 unspecified atom stereocenters. The van der Waals surface area contributed by atoms with E-state index in [0.717, 1.165) is 22.2 Å². The zero-order chi connectivity index (χ0) is 18.4. The second kappa shape index (κ2) is 6.21. The topological polar surface area (TPSA) is 101 Å². The number of thiophene rings is 1. The van der Waals surface area contributed by atoms with Gasteiger partial charge in [-0.1, -0.05) is 18.2 Å². The molecule has 0 saturated carbocycles. The van der Waals surface area contributed by atoms with E-state index < -0.39 is 0 Å². The Morgan fingerprint density at radius 1 is 1.31 bits per heavy atom. The van der Waals surface area contributed by atoms with E-state index in [1.54, 1.807) is 4.90 Å². The fourth-order valence-electron chi connectivity index (χ4n) is 3.20. The van der Waals surface area contributed by atoms with Crippen molar-refractivity contribution in [3.63, 3.8) is 0 Å². The van der Waals surface area contributed by atoms with E-state index in [0.29, 0.717) is 34.9 Å². The van der Waals surface area contributed by atoms with Crippen molar-refractivity contribution in [2.45, 2.75) is 26.3 Å². The van der Waals surface area contributed by atoms with Gasteiger partial charge in [-0.25, -0.2) is 0 Å². The molecule has 3 N–H and O–H groups in total. The summed E-state index contributed by atoms with van der Waals surface area (Å²) in [5, 5.41) is 12.0. The predicted molar refractivity (Wildman–Crippen MR) is 101 cm³/mol. The van der Waals surface area contributed by atoms with E-state index in [2.05, 4.69) is 15.5 Å². The highest BCUT2D eigenvalue weighted by Gasteiger charge is 2.34. The first-order valence-corrected chi connectivity index (χ1v) is 9.25. The molecule has 134 valence electrons. The van der Waals surface area contributed by atoms with Gasteiger partial charge in [-0.05, 0) is 25.8 Å². The fourth-order valence-corrected chi connectivity index (χ4v) is 4.21. The quantitative estimate of drug-likeness (QED) is 0.858. The lowest BCUT2D eigenvalue weighted by Gasteiger charge is -2.39. The highest BCUT2D eigenvalue weighted by atomic mass is 32.1. The molecule has 26 heavy (non-hydrogen) atoms. The van der Waals surface area contributed by atoms with Gasteiger partial charge in [0.15, 0.2) is 0 Å². The lowest BCUT2D eigenvalue weighted by Crippen LogP contribution is -2.61. The van der Waals surface area contributed by atoms with Gasteiger partial charge in [0.2, 0.25) is 5.91 Å². The Hall–Kier alpha value is -2.74. The Balaban J connectivity index is 1.44. The van der Waals surface area contributed by atoms with E-state index >= 15 is 0 Å². The molecule has 1 aliphatic carbocycles. The summed E-state index contributed by atoms with van der Waals surface area (Å²) in [7, 11) is 0. The minimum Gasteiger partial charge on any atom is -0.397 e. The van der Waals surface area contributed by atoms with Crippen LogP contribution in [0.15, 0.2) is 23.8 Å². The SMILES string of the molecule is Cc1nnc2sc(C(=O)NC3CN(C(=O)C4=CC=CC4)C3)c(N)c2c1C. The van der Waals surface area contributed by atoms with Gasteiger partial charge in [0, 0.05) is 24.0 Å². The summed E-state index contributed by atoms with van der Waals surface area (Å²) in [6.45, 7) is 4.84. The van der Waals surface area contributed by atoms with Crippen molar-refractivity contribution in [3.8, 4) is 0 Å². The molecule has 0 spiro atoms. The van der Waals surface area contributed by atoms with Crippen LogP contribution >= 0.6 is 11.3 Å². The predicted octanol–water partition coefficient (Wildman–Crippen LogP) is 1.72. The Labute approximate surface area is 154 Å². The number of anilines is 1. The van der Waals surface area contributed by atoms with Crippen LogP contribution in [0.4, 0.5) is 5.69 Å². The average Bonchev–Trinajstić information content (AvgIpc) is 3.22. The lowest BCUT2D eigenvalue weighted by atomic mass is 10.1. The molecule has 0 radical (unpaired) electrons. The van der Waals surface area contributed by atoms with Crippen molar-refractivity contribution in [2.24, 2.45) is 0 Å². The highest BCUT2D eigenvalue weighted by Crippen LogP contribution is 2.35. The van der Waals surface area contributed by atoms with Crippen LogP contribution < -0.4 is 11.1 Å². The molecule has 7 nitrogen and oxygen atoms in total. The summed E-state index contributed by atoms with van der Waals surface area (Å²) in [4.78, 5) is 27.7. The number of allylic oxidation sites excluding steroid dienone is 3. The molecule has 4 rings (SSSR count). The Bertz CT molecular complexity index is 985. The van der Waals surface area contributed by atoms with Crippen LogP contribution in [0, 0.1) is 13.8 Å². The molecular weight excluding hydrogens is 350 g/mol. The molecule has 0 bridgehead atoms. The van der Waals surface area contributed by atoms with Crippen LogP contribution in [0.1, 0.15) is 27.3 Å². The smallest absolute Gasteiger partial charge is 0.263 e. The van der Waals surface area contributed by atoms with Gasteiger partial charge < -0.3 is 16.0 Å². The maximum absolute atomic E-state index is 12.6. The van der Waals surface area contributed by atoms with Crippen molar-refractivity contribution in [1.82, 2.24) is 20.4 Å². The number of carbonyl (C=O) groups is 2. The number of rotatable bonds is 3. The average molecular weight is 369 g/mol. The normalized spacial score (nSPS) is 16.7. The summed E-state index contributed by atoms with van der Waals surface area (Å²) in [5.41, 5.74) is 9.21. The van der Waals surface area contributed by atoms with Crippen molar-refractivity contribution in [3.05, 3.63) is 39.9 Å². The number of nitrogens with two attached hydrogens (primary N) is 1. The number of nitrogens with one attached hydrogen (secondary N) is 1. The zero-order valence-corrected chi connectivity index (χ0v) is 15.4. The molecule has 3 heterocycles. The minimum atomic E-state index is -0.221. The summed E-state index contributed by atoms with van der Waals surface area (Å²) in [5.74, 6) is -0.176. The number of hydrogen-bond acceptors (Lipinski definition) is 6. The number of aryl methyl sites for hydroxylation is 2. The minimum absolute atomic E-state index is 0.0447. The molecule has 0 aromatic carbocycles. The van der Waals surface area contributed by atoms with Gasteiger partial charge >= 0.3 is 0 Å². The first-order valence-electron chi connectivity index (χ1n) is 8.43. The van der Waals surface area contributed by atoms with Crippen LogP contribution in [0.3, 0.4) is 0 Å². The summed E-state index contributed by atoms with van der Waals surface area (Å²) < 4.78 is 0. The van der Waals surface area contributed by atoms with Gasteiger partial charge in [0.1, 0.15) is 9.71 Å². The molecule has 0 atom stereocenters. The maximum atomic E-state index is 12.6. The van der Waals surface area contributed by atoms with E-state index in [4.69, 9.17) is 5.73 Å². The molecule has 1 fully saturated rings. The molecule has 2 aliphatic rings. The van der Waals surface area contributed by atoms with Crippen LogP contribution in [0.2, 0.25) is 0 Å². The number of carbonyl (C=O) groups excluding carboxylic acids is 2. The third kappa shape index (κ3) is 2.66. The second-order valence-electron chi connectivity index (χ2n) is 6.64. The van der Waals surface area contributed by atoms with Crippen LogP contribution in [-0.4, -0.2) is 46.0 Å². The molecule has 8 heteroatoms. The zero-order valence-electron chi connectivity index (χ0n) is 14.6. The van der Waals surface area contributed by atoms with Crippen molar-refractivity contribution >= 4 is 39.1 Å². The first-order chi connectivity index (χ1) is 12.5. The standard InChI is InChI=1S/C18H19N5O2S/c1-9-10(2)21-22-17-13(9)14(19)15(26-17)16(24)20-12-7-23(8-12)18(25)11-5-3-4-6-11/h3-5,12H,6-8,19H2,1-2H3,(H,20,24). The summed E-state index contributed by atoms with van der Waals surface area (Å²) >= 11 is 1.25. The molecule has 2 amide bonds. The Kier molecular flexibility index (Phi) is 3.99. The van der Waals surface area contributed by atoms with Crippen molar-refractivity contribution in [2.75, 3.05) is 18.8 Å². The molecule has 2 aromatic rings. The second-order valence-corrected chi connectivity index (χ2v) is 7.64. The number of nitrogens with zero attached hydrogens (tertiary/aromatic N) is 3. The number of aromatic nitrogens is 2. The van der Waals surface area contributed by atoms with Gasteiger partial charge in [0.05, 0.1) is 17.4 Å². The van der Waals surface area contributed by atoms with Gasteiger partial charge in [-0.2, -0.15) is 5.10 Å². The largest absolute Gasteiger partial charge is 0.397 e. The third-order valence-electron chi connectivity index (χ3n) is 4.89. The summed E-state index contributed by atoms with van der Waals surface area (Å²) in [6, 6.07) is -0.0556. The number of amides is 2. The van der Waals surface area contributed by atoms with Crippen LogP contribution in [0.25, 0.3) is 10.2 Å². The number of hydrogen-bond donors (Lipinski definition) is 2. The molecule has 1 saturated heterocycles.